The Hall–Kier alpha value is -3.09. The molecule has 0 spiro atoms. The molecule has 1 heterocycles. The van der Waals surface area contributed by atoms with Gasteiger partial charge in [0.2, 0.25) is 0 Å². The van der Waals surface area contributed by atoms with E-state index < -0.39 is 0 Å². The molecule has 0 radical (unpaired) electrons. The molecule has 2 N–H and O–H groups in total. The lowest BCUT2D eigenvalue weighted by molar-refractivity contribution is 0.0948. The first-order chi connectivity index (χ1) is 14.4. The number of carbonyl (C=O) groups excluding carboxylic acids is 2. The highest BCUT2D eigenvalue weighted by atomic mass is 19.1. The van der Waals surface area contributed by atoms with Gasteiger partial charge in [-0.3, -0.25) is 4.79 Å². The second-order valence-electron chi connectivity index (χ2n) is 7.88. The number of halogens is 1. The van der Waals surface area contributed by atoms with Gasteiger partial charge in [0, 0.05) is 49.8 Å². The minimum Gasteiger partial charge on any atom is -0.490 e. The van der Waals surface area contributed by atoms with Crippen LogP contribution < -0.4 is 15.4 Å². The van der Waals surface area contributed by atoms with E-state index in [0.717, 1.165) is 0 Å². The van der Waals surface area contributed by atoms with Gasteiger partial charge in [-0.25, -0.2) is 9.18 Å². The molecular formula is C23H28FN3O3. The Morgan fingerprint density at radius 2 is 1.87 bits per heavy atom. The number of ether oxygens (including phenoxy) is 1. The van der Waals surface area contributed by atoms with Crippen molar-refractivity contribution >= 4 is 17.6 Å². The number of carbonyl (C=O) groups is 2. The molecule has 1 saturated heterocycles. The second kappa shape index (κ2) is 10.1. The monoisotopic (exact) mass is 413 g/mol. The Labute approximate surface area is 176 Å². The molecule has 0 unspecified atom stereocenters. The molecule has 6 nitrogen and oxygen atoms in total. The van der Waals surface area contributed by atoms with Crippen molar-refractivity contribution < 1.29 is 18.7 Å². The third-order valence-corrected chi connectivity index (χ3v) is 4.87. The van der Waals surface area contributed by atoms with Crippen LogP contribution in [0.15, 0.2) is 48.5 Å². The fourth-order valence-corrected chi connectivity index (χ4v) is 3.25. The summed E-state index contributed by atoms with van der Waals surface area (Å²) in [6.07, 6.45) is 1.28. The van der Waals surface area contributed by atoms with Gasteiger partial charge in [0.15, 0.2) is 0 Å². The van der Waals surface area contributed by atoms with Gasteiger partial charge in [-0.05, 0) is 36.2 Å². The highest BCUT2D eigenvalue weighted by molar-refractivity contribution is 5.96. The lowest BCUT2D eigenvalue weighted by Gasteiger charge is -2.32. The number of rotatable bonds is 6. The summed E-state index contributed by atoms with van der Waals surface area (Å²) in [6, 6.07) is 12.8. The van der Waals surface area contributed by atoms with Crippen molar-refractivity contribution in [2.75, 3.05) is 25.0 Å². The number of nitrogens with zero attached hydrogens (tertiary/aromatic N) is 1. The summed E-state index contributed by atoms with van der Waals surface area (Å²) in [5.41, 5.74) is 1.09. The molecule has 1 aliphatic rings. The molecule has 0 aliphatic carbocycles. The first-order valence-electron chi connectivity index (χ1n) is 10.3. The number of hydrogen-bond donors (Lipinski definition) is 2. The molecule has 3 rings (SSSR count). The number of likely N-dealkylation sites (tertiary alicyclic amines) is 1. The Balaban J connectivity index is 1.50. The van der Waals surface area contributed by atoms with Crippen molar-refractivity contribution in [3.8, 4) is 5.75 Å². The molecular weight excluding hydrogens is 385 g/mol. The fourth-order valence-electron chi connectivity index (χ4n) is 3.25. The van der Waals surface area contributed by atoms with Gasteiger partial charge in [-0.15, -0.1) is 0 Å². The molecule has 0 saturated carbocycles. The smallest absolute Gasteiger partial charge is 0.321 e. The van der Waals surface area contributed by atoms with E-state index in [2.05, 4.69) is 10.6 Å². The van der Waals surface area contributed by atoms with Crippen LogP contribution in [-0.2, 0) is 0 Å². The number of nitrogens with one attached hydrogen (secondary N) is 2. The van der Waals surface area contributed by atoms with E-state index in [0.29, 0.717) is 55.4 Å². The molecule has 30 heavy (non-hydrogen) atoms. The van der Waals surface area contributed by atoms with Gasteiger partial charge in [0.25, 0.3) is 5.91 Å². The Morgan fingerprint density at radius 1 is 1.13 bits per heavy atom. The van der Waals surface area contributed by atoms with E-state index in [9.17, 15) is 14.0 Å². The van der Waals surface area contributed by atoms with Crippen molar-refractivity contribution in [1.82, 2.24) is 10.2 Å². The second-order valence-corrected chi connectivity index (χ2v) is 7.88. The summed E-state index contributed by atoms with van der Waals surface area (Å²) in [7, 11) is 0. The molecule has 1 fully saturated rings. The zero-order valence-electron chi connectivity index (χ0n) is 17.4. The topological polar surface area (TPSA) is 70.7 Å². The van der Waals surface area contributed by atoms with E-state index in [-0.39, 0.29) is 23.9 Å². The lowest BCUT2D eigenvalue weighted by atomic mass is 10.1. The lowest BCUT2D eigenvalue weighted by Crippen LogP contribution is -2.43. The van der Waals surface area contributed by atoms with Crippen LogP contribution in [-0.4, -0.2) is 42.6 Å². The molecule has 3 amide bonds. The van der Waals surface area contributed by atoms with E-state index in [1.54, 1.807) is 41.3 Å². The van der Waals surface area contributed by atoms with Gasteiger partial charge >= 0.3 is 6.03 Å². The van der Waals surface area contributed by atoms with Crippen molar-refractivity contribution in [2.45, 2.75) is 32.8 Å². The highest BCUT2D eigenvalue weighted by Crippen LogP contribution is 2.20. The van der Waals surface area contributed by atoms with E-state index in [4.69, 9.17) is 4.74 Å². The van der Waals surface area contributed by atoms with Gasteiger partial charge in [-0.1, -0.05) is 26.0 Å². The normalized spacial score (nSPS) is 14.5. The minimum absolute atomic E-state index is 0.0520. The van der Waals surface area contributed by atoms with E-state index >= 15 is 0 Å². The van der Waals surface area contributed by atoms with Gasteiger partial charge < -0.3 is 20.3 Å². The first kappa shape index (κ1) is 21.6. The molecule has 0 bridgehead atoms. The van der Waals surface area contributed by atoms with Crippen LogP contribution in [0.25, 0.3) is 0 Å². The van der Waals surface area contributed by atoms with Gasteiger partial charge in [0.1, 0.15) is 17.7 Å². The summed E-state index contributed by atoms with van der Waals surface area (Å²) in [4.78, 5) is 26.5. The number of piperidine rings is 1. The summed E-state index contributed by atoms with van der Waals surface area (Å²) >= 11 is 0. The van der Waals surface area contributed by atoms with Crippen molar-refractivity contribution in [3.63, 3.8) is 0 Å². The predicted molar refractivity (Wildman–Crippen MR) is 114 cm³/mol. The van der Waals surface area contributed by atoms with Gasteiger partial charge in [0.05, 0.1) is 0 Å². The molecule has 2 aromatic carbocycles. The maximum Gasteiger partial charge on any atom is 0.321 e. The highest BCUT2D eigenvalue weighted by Gasteiger charge is 2.24. The third kappa shape index (κ3) is 6.20. The van der Waals surface area contributed by atoms with Crippen LogP contribution in [0.1, 0.15) is 37.0 Å². The van der Waals surface area contributed by atoms with E-state index in [1.165, 1.54) is 12.1 Å². The summed E-state index contributed by atoms with van der Waals surface area (Å²) < 4.78 is 19.1. The minimum atomic E-state index is -0.329. The van der Waals surface area contributed by atoms with Crippen molar-refractivity contribution in [3.05, 3.63) is 59.9 Å². The fraction of sp³-hybridized carbons (Fsp3) is 0.391. The number of anilines is 1. The van der Waals surface area contributed by atoms with Crippen molar-refractivity contribution in [2.24, 2.45) is 5.92 Å². The molecule has 160 valence electrons. The van der Waals surface area contributed by atoms with Crippen LogP contribution in [0.4, 0.5) is 14.9 Å². The zero-order chi connectivity index (χ0) is 21.5. The average Bonchev–Trinajstić information content (AvgIpc) is 2.72. The third-order valence-electron chi connectivity index (χ3n) is 4.87. The average molecular weight is 413 g/mol. The maximum absolute atomic E-state index is 13.3. The number of benzene rings is 2. The molecule has 7 heteroatoms. The maximum atomic E-state index is 13.3. The quantitative estimate of drug-likeness (QED) is 0.742. The van der Waals surface area contributed by atoms with Crippen LogP contribution in [0.5, 0.6) is 5.75 Å². The molecule has 0 atom stereocenters. The molecule has 1 aliphatic heterocycles. The first-order valence-corrected chi connectivity index (χ1v) is 10.3. The van der Waals surface area contributed by atoms with Crippen LogP contribution in [0.3, 0.4) is 0 Å². The van der Waals surface area contributed by atoms with E-state index in [1.807, 2.05) is 13.8 Å². The Morgan fingerprint density at radius 3 is 2.57 bits per heavy atom. The molecule has 0 aromatic heterocycles. The Bertz CT molecular complexity index is 880. The zero-order valence-corrected chi connectivity index (χ0v) is 17.4. The number of hydrogen-bond acceptors (Lipinski definition) is 3. The van der Waals surface area contributed by atoms with Gasteiger partial charge in [-0.2, -0.15) is 0 Å². The number of amides is 3. The Kier molecular flexibility index (Phi) is 7.27. The largest absolute Gasteiger partial charge is 0.490 e. The summed E-state index contributed by atoms with van der Waals surface area (Å²) in [6.45, 7) is 5.75. The predicted octanol–water partition coefficient (Wildman–Crippen LogP) is 4.29. The summed E-state index contributed by atoms with van der Waals surface area (Å²) in [5.74, 6) is 0.384. The van der Waals surface area contributed by atoms with Crippen molar-refractivity contribution in [1.29, 1.82) is 0 Å². The summed E-state index contributed by atoms with van der Waals surface area (Å²) in [5, 5.41) is 5.73. The SMILES string of the molecule is CC(C)CNC(=O)c1cccc(NC(=O)N2CCC(Oc3cccc(F)c3)CC2)c1. The van der Waals surface area contributed by atoms with Crippen LogP contribution in [0.2, 0.25) is 0 Å². The van der Waals surface area contributed by atoms with Crippen LogP contribution >= 0.6 is 0 Å². The number of urea groups is 1. The standard InChI is InChI=1S/C23H28FN3O3/c1-16(2)15-25-22(28)17-5-3-7-19(13-17)26-23(29)27-11-9-20(10-12-27)30-21-8-4-6-18(24)14-21/h3-8,13-14,16,20H,9-12,15H2,1-2H3,(H,25,28)(H,26,29). The molecule has 2 aromatic rings. The van der Waals surface area contributed by atoms with Crippen LogP contribution in [0, 0.1) is 11.7 Å².